The lowest BCUT2D eigenvalue weighted by Gasteiger charge is -2.39. The van der Waals surface area contributed by atoms with Crippen LogP contribution in [0.1, 0.15) is 50.1 Å². The molecule has 6 heteroatoms. The topological polar surface area (TPSA) is 51.0 Å². The molecule has 1 saturated heterocycles. The molecule has 2 aromatic rings. The maximum Gasteiger partial charge on any atom is 0.233 e. The number of aromatic nitrogens is 3. The third-order valence-corrected chi connectivity index (χ3v) is 5.74. The van der Waals surface area contributed by atoms with Gasteiger partial charge in [0, 0.05) is 13.1 Å². The van der Waals surface area contributed by atoms with Crippen molar-refractivity contribution in [1.29, 1.82) is 0 Å². The van der Waals surface area contributed by atoms with Gasteiger partial charge in [-0.3, -0.25) is 4.79 Å². The molecule has 1 amide bonds. The number of amides is 1. The fourth-order valence-electron chi connectivity index (χ4n) is 4.45. The Morgan fingerprint density at radius 3 is 2.80 bits per heavy atom. The average molecular weight is 342 g/mol. The van der Waals surface area contributed by atoms with E-state index in [0.717, 1.165) is 50.6 Å². The molecule has 1 saturated carbocycles. The molecule has 2 aliphatic rings. The van der Waals surface area contributed by atoms with Gasteiger partial charge >= 0.3 is 0 Å². The molecular weight excluding hydrogens is 319 g/mol. The third-order valence-electron chi connectivity index (χ3n) is 5.74. The second kappa shape index (κ2) is 6.58. The Kier molecular flexibility index (Phi) is 4.27. The van der Waals surface area contributed by atoms with Crippen LogP contribution < -0.4 is 0 Å². The van der Waals surface area contributed by atoms with Crippen molar-refractivity contribution in [1.82, 2.24) is 19.7 Å². The summed E-state index contributed by atoms with van der Waals surface area (Å²) in [4.78, 5) is 19.5. The van der Waals surface area contributed by atoms with Crippen LogP contribution in [0.4, 0.5) is 4.39 Å². The molecule has 0 spiro atoms. The highest BCUT2D eigenvalue weighted by Gasteiger charge is 2.45. The lowest BCUT2D eigenvalue weighted by molar-refractivity contribution is -0.139. The number of carbonyl (C=O) groups is 1. The van der Waals surface area contributed by atoms with E-state index in [1.54, 1.807) is 18.5 Å². The predicted octanol–water partition coefficient (Wildman–Crippen LogP) is 3.09. The smallest absolute Gasteiger partial charge is 0.233 e. The fraction of sp³-hybridized carbons (Fsp3) is 0.526. The van der Waals surface area contributed by atoms with Gasteiger partial charge in [0.1, 0.15) is 18.5 Å². The summed E-state index contributed by atoms with van der Waals surface area (Å²) in [5.74, 6) is -0.115. The molecule has 132 valence electrons. The molecule has 1 aliphatic carbocycles. The molecule has 0 bridgehead atoms. The molecule has 1 aliphatic heterocycles. The van der Waals surface area contributed by atoms with Crippen LogP contribution >= 0.6 is 0 Å². The Morgan fingerprint density at radius 1 is 1.24 bits per heavy atom. The number of hydrogen-bond acceptors (Lipinski definition) is 3. The summed E-state index contributed by atoms with van der Waals surface area (Å²) in [6.45, 7) is 1.42. The summed E-state index contributed by atoms with van der Waals surface area (Å²) >= 11 is 0. The van der Waals surface area contributed by atoms with Gasteiger partial charge in [-0.2, -0.15) is 5.10 Å². The quantitative estimate of drug-likeness (QED) is 0.861. The van der Waals surface area contributed by atoms with E-state index < -0.39 is 5.41 Å². The van der Waals surface area contributed by atoms with E-state index in [1.807, 2.05) is 15.6 Å². The van der Waals surface area contributed by atoms with Crippen molar-refractivity contribution in [3.8, 4) is 0 Å². The predicted molar refractivity (Wildman–Crippen MR) is 91.4 cm³/mol. The Labute approximate surface area is 146 Å². The van der Waals surface area contributed by atoms with Crippen LogP contribution in [0.3, 0.4) is 0 Å². The van der Waals surface area contributed by atoms with E-state index in [1.165, 1.54) is 12.4 Å². The Hall–Kier alpha value is -2.24. The third kappa shape index (κ3) is 2.94. The minimum atomic E-state index is -0.563. The zero-order valence-corrected chi connectivity index (χ0v) is 14.3. The van der Waals surface area contributed by atoms with Crippen LogP contribution in [0, 0.1) is 5.82 Å². The minimum absolute atomic E-state index is 0.153. The summed E-state index contributed by atoms with van der Waals surface area (Å²) in [6, 6.07) is 6.78. The molecule has 4 rings (SSSR count). The van der Waals surface area contributed by atoms with Gasteiger partial charge in [-0.25, -0.2) is 14.1 Å². The first-order valence-electron chi connectivity index (χ1n) is 9.09. The average Bonchev–Trinajstić information content (AvgIpc) is 3.34. The zero-order valence-electron chi connectivity index (χ0n) is 14.3. The molecular formula is C19H23FN4O. The zero-order chi connectivity index (χ0) is 17.3. The first-order valence-corrected chi connectivity index (χ1v) is 9.09. The first-order chi connectivity index (χ1) is 12.2. The van der Waals surface area contributed by atoms with Gasteiger partial charge in [-0.1, -0.05) is 25.0 Å². The molecule has 1 atom stereocenters. The number of hydrogen-bond donors (Lipinski definition) is 0. The Balaban J connectivity index is 1.61. The van der Waals surface area contributed by atoms with E-state index >= 15 is 0 Å². The number of benzene rings is 1. The Morgan fingerprint density at radius 2 is 2.08 bits per heavy atom. The summed E-state index contributed by atoms with van der Waals surface area (Å²) in [6.07, 6.45) is 8.85. The van der Waals surface area contributed by atoms with E-state index in [9.17, 15) is 9.18 Å². The van der Waals surface area contributed by atoms with E-state index in [4.69, 9.17) is 0 Å². The molecule has 2 fully saturated rings. The van der Waals surface area contributed by atoms with Gasteiger partial charge in [-0.05, 0) is 43.4 Å². The minimum Gasteiger partial charge on any atom is -0.340 e. The van der Waals surface area contributed by atoms with E-state index in [0.29, 0.717) is 6.54 Å². The second-order valence-corrected chi connectivity index (χ2v) is 7.22. The lowest BCUT2D eigenvalue weighted by Crippen LogP contribution is -2.49. The number of carbonyl (C=O) groups excluding carboxylic acids is 1. The fourth-order valence-corrected chi connectivity index (χ4v) is 4.45. The van der Waals surface area contributed by atoms with Crippen molar-refractivity contribution in [2.75, 3.05) is 13.1 Å². The monoisotopic (exact) mass is 342 g/mol. The van der Waals surface area contributed by atoms with Crippen LogP contribution in [0.2, 0.25) is 0 Å². The van der Waals surface area contributed by atoms with Crippen LogP contribution in [0.15, 0.2) is 36.9 Å². The molecule has 0 radical (unpaired) electrons. The van der Waals surface area contributed by atoms with Gasteiger partial charge < -0.3 is 4.90 Å². The number of rotatable bonds is 3. The van der Waals surface area contributed by atoms with Crippen molar-refractivity contribution >= 4 is 5.91 Å². The molecule has 1 aromatic heterocycles. The summed E-state index contributed by atoms with van der Waals surface area (Å²) in [5, 5.41) is 4.24. The second-order valence-electron chi connectivity index (χ2n) is 7.22. The number of halogens is 1. The normalized spacial score (nSPS) is 22.9. The van der Waals surface area contributed by atoms with E-state index in [2.05, 4.69) is 10.1 Å². The Bertz CT molecular complexity index is 740. The van der Waals surface area contributed by atoms with Gasteiger partial charge in [-0.15, -0.1) is 0 Å². The van der Waals surface area contributed by atoms with Crippen LogP contribution in [0.25, 0.3) is 0 Å². The standard InChI is InChI=1S/C19H23FN4O/c20-16-6-3-5-15(11-16)19(8-1-2-9-19)18(25)23-10-4-7-17(12-23)24-14-21-13-22-24/h3,5-6,11,13-14,17H,1-2,4,7-10,12H2/t17-/m1/s1. The van der Waals surface area contributed by atoms with Crippen molar-refractivity contribution in [2.24, 2.45) is 0 Å². The van der Waals surface area contributed by atoms with Crippen molar-refractivity contribution in [3.63, 3.8) is 0 Å². The maximum atomic E-state index is 13.8. The highest BCUT2D eigenvalue weighted by atomic mass is 19.1. The van der Waals surface area contributed by atoms with Crippen LogP contribution in [-0.4, -0.2) is 38.7 Å². The van der Waals surface area contributed by atoms with Gasteiger partial charge in [0.15, 0.2) is 0 Å². The van der Waals surface area contributed by atoms with Crippen LogP contribution in [-0.2, 0) is 10.2 Å². The largest absolute Gasteiger partial charge is 0.340 e. The van der Waals surface area contributed by atoms with Crippen molar-refractivity contribution < 1.29 is 9.18 Å². The highest BCUT2D eigenvalue weighted by molar-refractivity contribution is 5.88. The SMILES string of the molecule is O=C(N1CCC[C@@H](n2cncn2)C1)C1(c2cccc(F)c2)CCCC1. The number of piperidine rings is 1. The summed E-state index contributed by atoms with van der Waals surface area (Å²) in [7, 11) is 0. The maximum absolute atomic E-state index is 13.8. The molecule has 0 unspecified atom stereocenters. The van der Waals surface area contributed by atoms with Crippen LogP contribution in [0.5, 0.6) is 0 Å². The summed E-state index contributed by atoms with van der Waals surface area (Å²) in [5.41, 5.74) is 0.268. The van der Waals surface area contributed by atoms with Gasteiger partial charge in [0.2, 0.25) is 5.91 Å². The van der Waals surface area contributed by atoms with Crippen molar-refractivity contribution in [2.45, 2.75) is 50.0 Å². The van der Waals surface area contributed by atoms with Crippen molar-refractivity contribution in [3.05, 3.63) is 48.3 Å². The molecule has 1 aromatic carbocycles. The molecule has 0 N–H and O–H groups in total. The summed E-state index contributed by atoms with van der Waals surface area (Å²) < 4.78 is 15.7. The lowest BCUT2D eigenvalue weighted by atomic mass is 9.77. The molecule has 2 heterocycles. The first kappa shape index (κ1) is 16.2. The number of nitrogens with zero attached hydrogens (tertiary/aromatic N) is 4. The molecule has 5 nitrogen and oxygen atoms in total. The van der Waals surface area contributed by atoms with Gasteiger partial charge in [0.05, 0.1) is 11.5 Å². The van der Waals surface area contributed by atoms with Gasteiger partial charge in [0.25, 0.3) is 0 Å². The van der Waals surface area contributed by atoms with E-state index in [-0.39, 0.29) is 17.8 Å². The molecule has 25 heavy (non-hydrogen) atoms. The number of likely N-dealkylation sites (tertiary alicyclic amines) is 1. The highest BCUT2D eigenvalue weighted by Crippen LogP contribution is 2.43.